The number of carbonyl (C=O) groups is 1. The van der Waals surface area contributed by atoms with E-state index < -0.39 is 0 Å². The third-order valence-corrected chi connectivity index (χ3v) is 5.73. The van der Waals surface area contributed by atoms with Gasteiger partial charge in [0.05, 0.1) is 25.6 Å². The minimum Gasteiger partial charge on any atom is -0.497 e. The molecule has 164 valence electrons. The molecule has 0 aliphatic heterocycles. The summed E-state index contributed by atoms with van der Waals surface area (Å²) in [7, 11) is 3.36. The van der Waals surface area contributed by atoms with Crippen LogP contribution in [0.5, 0.6) is 5.75 Å². The molecule has 7 nitrogen and oxygen atoms in total. The number of ether oxygens (including phenoxy) is 1. The number of halogens is 1. The van der Waals surface area contributed by atoms with Gasteiger partial charge in [0.1, 0.15) is 22.2 Å². The smallest absolute Gasteiger partial charge is 0.260 e. The Morgan fingerprint density at radius 1 is 1.19 bits per heavy atom. The molecule has 0 aliphatic rings. The maximum absolute atomic E-state index is 13.2. The van der Waals surface area contributed by atoms with Crippen molar-refractivity contribution in [1.29, 1.82) is 0 Å². The number of carbonyl (C=O) groups excluding carboxylic acids is 1. The van der Waals surface area contributed by atoms with E-state index in [9.17, 15) is 14.0 Å². The highest BCUT2D eigenvalue weighted by molar-refractivity contribution is 7.17. The second-order valence-corrected chi connectivity index (χ2v) is 8.16. The number of aromatic amines is 1. The van der Waals surface area contributed by atoms with Crippen molar-refractivity contribution < 1.29 is 13.9 Å². The lowest BCUT2D eigenvalue weighted by molar-refractivity contribution is -0.117. The van der Waals surface area contributed by atoms with Crippen LogP contribution in [0.3, 0.4) is 0 Å². The van der Waals surface area contributed by atoms with E-state index in [4.69, 9.17) is 4.74 Å². The van der Waals surface area contributed by atoms with Crippen molar-refractivity contribution in [3.63, 3.8) is 0 Å². The number of anilines is 1. The first-order valence-corrected chi connectivity index (χ1v) is 10.7. The predicted octanol–water partition coefficient (Wildman–Crippen LogP) is 3.87. The lowest BCUT2D eigenvalue weighted by Crippen LogP contribution is -2.31. The summed E-state index contributed by atoms with van der Waals surface area (Å²) in [6.45, 7) is 0.421. The Bertz CT molecular complexity index is 1300. The van der Waals surface area contributed by atoms with Gasteiger partial charge in [-0.2, -0.15) is 0 Å². The van der Waals surface area contributed by atoms with Crippen molar-refractivity contribution in [1.82, 2.24) is 14.9 Å². The molecule has 9 heteroatoms. The van der Waals surface area contributed by atoms with Gasteiger partial charge < -0.3 is 15.0 Å². The quantitative estimate of drug-likeness (QED) is 0.445. The summed E-state index contributed by atoms with van der Waals surface area (Å²) >= 11 is 1.35. The molecule has 0 spiro atoms. The summed E-state index contributed by atoms with van der Waals surface area (Å²) in [6.07, 6.45) is 0. The van der Waals surface area contributed by atoms with E-state index in [2.05, 4.69) is 15.3 Å². The minimum absolute atomic E-state index is 0.124. The first-order chi connectivity index (χ1) is 15.4. The zero-order chi connectivity index (χ0) is 22.7. The van der Waals surface area contributed by atoms with E-state index in [0.717, 1.165) is 11.1 Å². The predicted molar refractivity (Wildman–Crippen MR) is 124 cm³/mol. The molecule has 2 heterocycles. The molecule has 4 aromatic rings. The minimum atomic E-state index is -0.332. The van der Waals surface area contributed by atoms with E-state index in [1.165, 1.54) is 23.5 Å². The number of nitrogens with one attached hydrogen (secondary N) is 2. The second kappa shape index (κ2) is 9.29. The zero-order valence-corrected chi connectivity index (χ0v) is 18.3. The second-order valence-electron chi connectivity index (χ2n) is 7.30. The van der Waals surface area contributed by atoms with E-state index >= 15 is 0 Å². The molecule has 0 aliphatic carbocycles. The number of aromatic nitrogens is 2. The Kier molecular flexibility index (Phi) is 6.29. The van der Waals surface area contributed by atoms with Crippen LogP contribution >= 0.6 is 11.3 Å². The Morgan fingerprint density at radius 3 is 2.59 bits per heavy atom. The van der Waals surface area contributed by atoms with Gasteiger partial charge in [0.25, 0.3) is 5.56 Å². The number of H-pyrrole nitrogens is 1. The Labute approximate surface area is 187 Å². The fourth-order valence-corrected chi connectivity index (χ4v) is 4.31. The number of likely N-dealkylation sites (N-methyl/N-ethyl adjacent to an activating group) is 1. The molecule has 0 unspecified atom stereocenters. The number of amides is 1. The average molecular weight is 453 g/mol. The third-order valence-electron chi connectivity index (χ3n) is 4.86. The lowest BCUT2D eigenvalue weighted by Gasteiger charge is -2.15. The van der Waals surface area contributed by atoms with Crippen molar-refractivity contribution in [3.05, 3.63) is 75.9 Å². The lowest BCUT2D eigenvalue weighted by atomic mass is 10.1. The van der Waals surface area contributed by atoms with Gasteiger partial charge in [-0.1, -0.05) is 12.1 Å². The average Bonchev–Trinajstić information content (AvgIpc) is 3.19. The van der Waals surface area contributed by atoms with Crippen molar-refractivity contribution in [2.45, 2.75) is 6.54 Å². The molecule has 0 saturated carbocycles. The highest BCUT2D eigenvalue weighted by Crippen LogP contribution is 2.30. The number of fused-ring (bicyclic) bond motifs is 1. The Morgan fingerprint density at radius 2 is 1.91 bits per heavy atom. The zero-order valence-electron chi connectivity index (χ0n) is 17.5. The van der Waals surface area contributed by atoms with Gasteiger partial charge in [-0.3, -0.25) is 14.5 Å². The molecule has 0 fully saturated rings. The molecule has 32 heavy (non-hydrogen) atoms. The van der Waals surface area contributed by atoms with Crippen LogP contribution < -0.4 is 15.6 Å². The summed E-state index contributed by atoms with van der Waals surface area (Å²) in [4.78, 5) is 34.8. The van der Waals surface area contributed by atoms with Crippen LogP contribution in [0.25, 0.3) is 21.3 Å². The number of methoxy groups -OCH3 is 1. The van der Waals surface area contributed by atoms with Crippen LogP contribution in [0.2, 0.25) is 0 Å². The van der Waals surface area contributed by atoms with Gasteiger partial charge in [-0.15, -0.1) is 11.3 Å². The van der Waals surface area contributed by atoms with Gasteiger partial charge in [-0.25, -0.2) is 9.37 Å². The van der Waals surface area contributed by atoms with Crippen LogP contribution in [0, 0.1) is 5.82 Å². The van der Waals surface area contributed by atoms with Crippen molar-refractivity contribution in [3.8, 4) is 16.9 Å². The van der Waals surface area contributed by atoms with Gasteiger partial charge in [0.2, 0.25) is 5.91 Å². The summed E-state index contributed by atoms with van der Waals surface area (Å²) in [5, 5.41) is 5.14. The van der Waals surface area contributed by atoms with Crippen molar-refractivity contribution in [2.75, 3.05) is 26.0 Å². The van der Waals surface area contributed by atoms with E-state index in [1.807, 2.05) is 5.38 Å². The summed E-state index contributed by atoms with van der Waals surface area (Å²) in [6, 6.07) is 13.1. The normalized spacial score (nSPS) is 11.1. The number of benzene rings is 2. The summed E-state index contributed by atoms with van der Waals surface area (Å²) in [5.41, 5.74) is 1.88. The van der Waals surface area contributed by atoms with Crippen LogP contribution in [0.4, 0.5) is 10.1 Å². The number of nitrogens with zero attached hydrogens (tertiary/aromatic N) is 2. The van der Waals surface area contributed by atoms with Crippen LogP contribution in [-0.2, 0) is 11.3 Å². The molecule has 0 bridgehead atoms. The first-order valence-electron chi connectivity index (χ1n) is 9.81. The van der Waals surface area contributed by atoms with Gasteiger partial charge in [0, 0.05) is 16.6 Å². The standard InChI is InChI=1S/C23H21FN4O3S/c1-28(12-20(29)25-16-7-9-17(31-2)10-8-16)11-19-26-22(30)21-18(13-32-23(21)27-19)14-3-5-15(24)6-4-14/h3-10,13H,11-12H2,1-2H3,(H,25,29)(H,26,27,30). The van der Waals surface area contributed by atoms with E-state index in [-0.39, 0.29) is 23.8 Å². The van der Waals surface area contributed by atoms with Gasteiger partial charge >= 0.3 is 0 Å². The fraction of sp³-hybridized carbons (Fsp3) is 0.174. The Balaban J connectivity index is 1.45. The molecular formula is C23H21FN4O3S. The number of hydrogen-bond acceptors (Lipinski definition) is 6. The summed E-state index contributed by atoms with van der Waals surface area (Å²) in [5.74, 6) is 0.661. The Hall–Kier alpha value is -3.56. The largest absolute Gasteiger partial charge is 0.497 e. The molecule has 2 N–H and O–H groups in total. The molecule has 4 rings (SSSR count). The van der Waals surface area contributed by atoms with Crippen molar-refractivity contribution >= 4 is 33.1 Å². The number of rotatable bonds is 7. The van der Waals surface area contributed by atoms with Crippen LogP contribution in [0.1, 0.15) is 5.82 Å². The highest BCUT2D eigenvalue weighted by Gasteiger charge is 2.15. The SMILES string of the molecule is COc1ccc(NC(=O)CN(C)Cc2nc3scc(-c4ccc(F)cc4)c3c(=O)[nH]2)cc1. The molecule has 0 radical (unpaired) electrons. The monoisotopic (exact) mass is 452 g/mol. The van der Waals surface area contributed by atoms with Gasteiger partial charge in [-0.05, 0) is 49.0 Å². The fourth-order valence-electron chi connectivity index (χ4n) is 3.34. The summed E-state index contributed by atoms with van der Waals surface area (Å²) < 4.78 is 18.3. The van der Waals surface area contributed by atoms with Gasteiger partial charge in [0.15, 0.2) is 0 Å². The van der Waals surface area contributed by atoms with Crippen LogP contribution in [0.15, 0.2) is 58.7 Å². The topological polar surface area (TPSA) is 87.3 Å². The molecule has 1 amide bonds. The first kappa shape index (κ1) is 21.7. The molecule has 0 saturated heterocycles. The maximum Gasteiger partial charge on any atom is 0.260 e. The van der Waals surface area contributed by atoms with Crippen LogP contribution in [-0.4, -0.2) is 41.5 Å². The number of hydrogen-bond donors (Lipinski definition) is 2. The number of thiophene rings is 1. The third kappa shape index (κ3) is 4.84. The van der Waals surface area contributed by atoms with E-state index in [1.54, 1.807) is 55.5 Å². The molecule has 2 aromatic heterocycles. The van der Waals surface area contributed by atoms with E-state index in [0.29, 0.717) is 34.0 Å². The van der Waals surface area contributed by atoms with Crippen molar-refractivity contribution in [2.24, 2.45) is 0 Å². The molecule has 0 atom stereocenters. The molecular weight excluding hydrogens is 431 g/mol. The highest BCUT2D eigenvalue weighted by atomic mass is 32.1. The molecule has 2 aromatic carbocycles. The maximum atomic E-state index is 13.2.